The quantitative estimate of drug-likeness (QED) is 0.870. The van der Waals surface area contributed by atoms with Crippen molar-refractivity contribution in [3.63, 3.8) is 0 Å². The average Bonchev–Trinajstić information content (AvgIpc) is 2.55. The summed E-state index contributed by atoms with van der Waals surface area (Å²) in [4.78, 5) is 23.8. The zero-order valence-corrected chi connectivity index (χ0v) is 13.4. The van der Waals surface area contributed by atoms with Gasteiger partial charge in [0.15, 0.2) is 0 Å². The highest BCUT2D eigenvalue weighted by atomic mass is 19.4. The molecule has 0 fully saturated rings. The molecule has 0 spiro atoms. The van der Waals surface area contributed by atoms with Gasteiger partial charge in [0.2, 0.25) is 5.91 Å². The lowest BCUT2D eigenvalue weighted by molar-refractivity contribution is -0.137. The zero-order valence-electron chi connectivity index (χ0n) is 13.4. The molecule has 0 aliphatic carbocycles. The number of primary amides is 1. The summed E-state index contributed by atoms with van der Waals surface area (Å²) in [6.45, 7) is 1.91. The summed E-state index contributed by atoms with van der Waals surface area (Å²) in [5, 5.41) is 2.39. The summed E-state index contributed by atoms with van der Waals surface area (Å²) < 4.78 is 38.2. The molecule has 0 aliphatic heterocycles. The molecule has 132 valence electrons. The van der Waals surface area contributed by atoms with Crippen LogP contribution in [0.15, 0.2) is 48.5 Å². The fourth-order valence-corrected chi connectivity index (χ4v) is 2.26. The van der Waals surface area contributed by atoms with E-state index in [4.69, 9.17) is 5.73 Å². The lowest BCUT2D eigenvalue weighted by Crippen LogP contribution is -2.45. The first-order valence-corrected chi connectivity index (χ1v) is 7.50. The van der Waals surface area contributed by atoms with Crippen LogP contribution >= 0.6 is 0 Å². The molecule has 7 heteroatoms. The van der Waals surface area contributed by atoms with Crippen molar-refractivity contribution < 1.29 is 22.8 Å². The van der Waals surface area contributed by atoms with E-state index in [1.807, 2.05) is 19.1 Å². The molecule has 3 N–H and O–H groups in total. The highest BCUT2D eigenvalue weighted by Crippen LogP contribution is 2.29. The van der Waals surface area contributed by atoms with E-state index >= 15 is 0 Å². The third-order valence-corrected chi connectivity index (χ3v) is 3.66. The second kappa shape index (κ2) is 7.38. The van der Waals surface area contributed by atoms with E-state index in [0.29, 0.717) is 0 Å². The number of benzene rings is 2. The highest BCUT2D eigenvalue weighted by molar-refractivity contribution is 5.97. The normalized spacial score (nSPS) is 12.5. The maximum atomic E-state index is 12.7. The molecule has 4 nitrogen and oxygen atoms in total. The van der Waals surface area contributed by atoms with E-state index in [1.165, 1.54) is 6.07 Å². The van der Waals surface area contributed by atoms with Gasteiger partial charge in [-0.15, -0.1) is 0 Å². The van der Waals surface area contributed by atoms with E-state index in [0.717, 1.165) is 29.3 Å². The van der Waals surface area contributed by atoms with E-state index in [-0.39, 0.29) is 12.0 Å². The fourth-order valence-electron chi connectivity index (χ4n) is 2.26. The number of hydrogen-bond acceptors (Lipinski definition) is 2. The summed E-state index contributed by atoms with van der Waals surface area (Å²) in [5.74, 6) is -1.55. The van der Waals surface area contributed by atoms with Crippen molar-refractivity contribution in [1.29, 1.82) is 0 Å². The van der Waals surface area contributed by atoms with Crippen molar-refractivity contribution in [3.8, 4) is 0 Å². The van der Waals surface area contributed by atoms with Gasteiger partial charge in [-0.1, -0.05) is 35.9 Å². The summed E-state index contributed by atoms with van der Waals surface area (Å²) in [7, 11) is 0. The maximum Gasteiger partial charge on any atom is 0.416 e. The Labute approximate surface area is 142 Å². The topological polar surface area (TPSA) is 72.2 Å². The monoisotopic (exact) mass is 350 g/mol. The van der Waals surface area contributed by atoms with Crippen LogP contribution in [0, 0.1) is 6.92 Å². The van der Waals surface area contributed by atoms with Crippen LogP contribution in [0.5, 0.6) is 0 Å². The number of carbonyl (C=O) groups is 2. The molecular formula is C18H17F3N2O2. The third-order valence-electron chi connectivity index (χ3n) is 3.66. The van der Waals surface area contributed by atoms with E-state index in [9.17, 15) is 22.8 Å². The van der Waals surface area contributed by atoms with Crippen LogP contribution in [0.2, 0.25) is 0 Å². The number of nitrogens with one attached hydrogen (secondary N) is 1. The minimum absolute atomic E-state index is 0.153. The van der Waals surface area contributed by atoms with Gasteiger partial charge in [0.25, 0.3) is 5.91 Å². The Balaban J connectivity index is 2.15. The predicted molar refractivity (Wildman–Crippen MR) is 86.8 cm³/mol. The van der Waals surface area contributed by atoms with Crippen LogP contribution in [0.25, 0.3) is 0 Å². The van der Waals surface area contributed by atoms with Gasteiger partial charge in [0.1, 0.15) is 6.04 Å². The molecule has 0 saturated carbocycles. The molecular weight excluding hydrogens is 333 g/mol. The maximum absolute atomic E-state index is 12.7. The SMILES string of the molecule is Cc1ccc(C[C@@H](NC(=O)c2cccc(C(F)(F)F)c2)C(N)=O)cc1. The van der Waals surface area contributed by atoms with Crippen molar-refractivity contribution in [2.75, 3.05) is 0 Å². The van der Waals surface area contributed by atoms with Gasteiger partial charge in [0.05, 0.1) is 5.56 Å². The summed E-state index contributed by atoms with van der Waals surface area (Å²) >= 11 is 0. The van der Waals surface area contributed by atoms with Gasteiger partial charge < -0.3 is 11.1 Å². The number of alkyl halides is 3. The Bertz CT molecular complexity index is 771. The van der Waals surface area contributed by atoms with Gasteiger partial charge >= 0.3 is 6.18 Å². The summed E-state index contributed by atoms with van der Waals surface area (Å²) in [5.41, 5.74) is 5.99. The fraction of sp³-hybridized carbons (Fsp3) is 0.222. The van der Waals surface area contributed by atoms with Crippen molar-refractivity contribution in [2.45, 2.75) is 25.6 Å². The second-order valence-electron chi connectivity index (χ2n) is 5.70. The number of halogens is 3. The molecule has 0 aliphatic rings. The summed E-state index contributed by atoms with van der Waals surface area (Å²) in [6.07, 6.45) is -4.40. The Hall–Kier alpha value is -2.83. The van der Waals surface area contributed by atoms with Crippen LogP contribution in [0.1, 0.15) is 27.0 Å². The lowest BCUT2D eigenvalue weighted by atomic mass is 10.0. The molecule has 0 saturated heterocycles. The first-order chi connectivity index (χ1) is 11.7. The smallest absolute Gasteiger partial charge is 0.368 e. The minimum atomic E-state index is -4.55. The molecule has 0 unspecified atom stereocenters. The van der Waals surface area contributed by atoms with Crippen LogP contribution in [-0.4, -0.2) is 17.9 Å². The molecule has 1 atom stereocenters. The Morgan fingerprint density at radius 2 is 1.76 bits per heavy atom. The van der Waals surface area contributed by atoms with Gasteiger partial charge in [-0.2, -0.15) is 13.2 Å². The van der Waals surface area contributed by atoms with Crippen LogP contribution in [0.4, 0.5) is 13.2 Å². The van der Waals surface area contributed by atoms with Crippen molar-refractivity contribution in [1.82, 2.24) is 5.32 Å². The first kappa shape index (κ1) is 18.5. The third kappa shape index (κ3) is 5.07. The average molecular weight is 350 g/mol. The molecule has 0 heterocycles. The van der Waals surface area contributed by atoms with E-state index in [2.05, 4.69) is 5.32 Å². The minimum Gasteiger partial charge on any atom is -0.368 e. The largest absolute Gasteiger partial charge is 0.416 e. The van der Waals surface area contributed by atoms with Crippen molar-refractivity contribution in [2.24, 2.45) is 5.73 Å². The molecule has 2 aromatic rings. The molecule has 0 bridgehead atoms. The van der Waals surface area contributed by atoms with Gasteiger partial charge in [-0.25, -0.2) is 0 Å². The summed E-state index contributed by atoms with van der Waals surface area (Å²) in [6, 6.07) is 10.2. The van der Waals surface area contributed by atoms with E-state index < -0.39 is 29.6 Å². The second-order valence-corrected chi connectivity index (χ2v) is 5.70. The zero-order chi connectivity index (χ0) is 18.6. The van der Waals surface area contributed by atoms with Crippen LogP contribution < -0.4 is 11.1 Å². The molecule has 2 rings (SSSR count). The molecule has 25 heavy (non-hydrogen) atoms. The molecule has 2 aromatic carbocycles. The van der Waals surface area contributed by atoms with Crippen molar-refractivity contribution >= 4 is 11.8 Å². The Morgan fingerprint density at radius 1 is 1.12 bits per heavy atom. The Morgan fingerprint density at radius 3 is 2.32 bits per heavy atom. The Kier molecular flexibility index (Phi) is 5.46. The number of amides is 2. The number of aryl methyl sites for hydroxylation is 1. The highest BCUT2D eigenvalue weighted by Gasteiger charge is 2.31. The van der Waals surface area contributed by atoms with Crippen molar-refractivity contribution in [3.05, 3.63) is 70.8 Å². The van der Waals surface area contributed by atoms with Gasteiger partial charge in [0, 0.05) is 12.0 Å². The predicted octanol–water partition coefficient (Wildman–Crippen LogP) is 2.84. The number of carbonyl (C=O) groups excluding carboxylic acids is 2. The standard InChI is InChI=1S/C18H17F3N2O2/c1-11-5-7-12(8-6-11)9-15(16(22)24)23-17(25)13-3-2-4-14(10-13)18(19,20)21/h2-8,10,15H,9H2,1H3,(H2,22,24)(H,23,25)/t15-/m1/s1. The van der Waals surface area contributed by atoms with Gasteiger partial charge in [-0.05, 0) is 30.7 Å². The lowest BCUT2D eigenvalue weighted by Gasteiger charge is -2.16. The number of hydrogen-bond donors (Lipinski definition) is 2. The molecule has 0 aromatic heterocycles. The van der Waals surface area contributed by atoms with Crippen LogP contribution in [-0.2, 0) is 17.4 Å². The van der Waals surface area contributed by atoms with Crippen LogP contribution in [0.3, 0.4) is 0 Å². The molecule has 2 amide bonds. The number of rotatable bonds is 5. The van der Waals surface area contributed by atoms with Gasteiger partial charge in [-0.3, -0.25) is 9.59 Å². The number of nitrogens with two attached hydrogens (primary N) is 1. The molecule has 0 radical (unpaired) electrons. The first-order valence-electron chi connectivity index (χ1n) is 7.50. The van der Waals surface area contributed by atoms with E-state index in [1.54, 1.807) is 12.1 Å².